The highest BCUT2D eigenvalue weighted by atomic mass is 32.1. The molecule has 0 atom stereocenters. The molecule has 140 valence electrons. The summed E-state index contributed by atoms with van der Waals surface area (Å²) in [6.45, 7) is 2.18. The van der Waals surface area contributed by atoms with Gasteiger partial charge in [-0.2, -0.15) is 0 Å². The lowest BCUT2D eigenvalue weighted by Gasteiger charge is -2.09. The molecule has 0 fully saturated rings. The summed E-state index contributed by atoms with van der Waals surface area (Å²) in [5.74, 6) is -1.84. The van der Waals surface area contributed by atoms with E-state index in [-0.39, 0.29) is 11.4 Å². The van der Waals surface area contributed by atoms with Gasteiger partial charge < -0.3 is 15.4 Å². The van der Waals surface area contributed by atoms with E-state index in [1.807, 2.05) is 12.1 Å². The molecule has 8 heteroatoms. The molecule has 1 heterocycles. The number of halogens is 2. The third kappa shape index (κ3) is 4.87. The summed E-state index contributed by atoms with van der Waals surface area (Å²) in [6, 6.07) is 10.3. The average Bonchev–Trinajstić information content (AvgIpc) is 2.95. The second kappa shape index (κ2) is 8.24. The van der Waals surface area contributed by atoms with Crippen molar-refractivity contribution in [3.63, 3.8) is 0 Å². The molecule has 0 unspecified atom stereocenters. The van der Waals surface area contributed by atoms with Crippen LogP contribution in [-0.4, -0.2) is 18.0 Å². The monoisotopic (exact) mass is 389 g/mol. The lowest BCUT2D eigenvalue weighted by molar-refractivity contribution is 0.102. The molecule has 0 bridgehead atoms. The number of rotatable bonds is 6. The van der Waals surface area contributed by atoms with Crippen LogP contribution in [0.5, 0.6) is 0 Å². The van der Waals surface area contributed by atoms with Gasteiger partial charge in [0.15, 0.2) is 5.69 Å². The molecular formula is C19H17F2N3O2S. The van der Waals surface area contributed by atoms with Crippen molar-refractivity contribution in [1.29, 1.82) is 0 Å². The van der Waals surface area contributed by atoms with Crippen LogP contribution in [-0.2, 0) is 11.3 Å². The lowest BCUT2D eigenvalue weighted by Crippen LogP contribution is -2.14. The number of amides is 1. The summed E-state index contributed by atoms with van der Waals surface area (Å²) in [4.78, 5) is 16.9. The third-order valence-electron chi connectivity index (χ3n) is 3.57. The molecule has 0 spiro atoms. The van der Waals surface area contributed by atoms with Gasteiger partial charge in [-0.05, 0) is 36.8 Å². The van der Waals surface area contributed by atoms with Crippen LogP contribution in [0.4, 0.5) is 25.2 Å². The highest BCUT2D eigenvalue weighted by Gasteiger charge is 2.18. The first-order valence-corrected chi connectivity index (χ1v) is 8.86. The Morgan fingerprint density at radius 2 is 1.89 bits per heavy atom. The Bertz CT molecular complexity index is 955. The first kappa shape index (κ1) is 18.9. The Kier molecular flexibility index (Phi) is 5.78. The number of hydrogen-bond donors (Lipinski definition) is 2. The van der Waals surface area contributed by atoms with E-state index in [2.05, 4.69) is 15.6 Å². The molecule has 3 aromatic rings. The Hall–Kier alpha value is -2.84. The summed E-state index contributed by atoms with van der Waals surface area (Å²) in [5.41, 5.74) is 1.87. The van der Waals surface area contributed by atoms with Crippen LogP contribution in [0.15, 0.2) is 42.5 Å². The number of hydrogen-bond acceptors (Lipinski definition) is 5. The Morgan fingerprint density at radius 1 is 1.15 bits per heavy atom. The van der Waals surface area contributed by atoms with Gasteiger partial charge in [-0.3, -0.25) is 4.79 Å². The van der Waals surface area contributed by atoms with Crippen molar-refractivity contribution < 1.29 is 18.3 Å². The number of aromatic nitrogens is 1. The average molecular weight is 389 g/mol. The smallest absolute Gasteiger partial charge is 0.277 e. The number of carbonyl (C=O) groups excluding carboxylic acids is 1. The Labute approximate surface area is 159 Å². The number of thiazole rings is 1. The van der Waals surface area contributed by atoms with Gasteiger partial charge in [0.25, 0.3) is 5.91 Å². The lowest BCUT2D eigenvalue weighted by atomic mass is 10.2. The minimum absolute atomic E-state index is 0.152. The normalized spacial score (nSPS) is 10.7. The molecule has 0 saturated heterocycles. The van der Waals surface area contributed by atoms with Crippen LogP contribution < -0.4 is 10.6 Å². The van der Waals surface area contributed by atoms with Gasteiger partial charge in [0, 0.05) is 24.6 Å². The predicted octanol–water partition coefficient (Wildman–Crippen LogP) is 4.87. The number of anilines is 3. The fraction of sp³-hybridized carbons (Fsp3) is 0.158. The van der Waals surface area contributed by atoms with E-state index in [0.717, 1.165) is 23.8 Å². The van der Waals surface area contributed by atoms with E-state index < -0.39 is 17.5 Å². The molecule has 0 radical (unpaired) electrons. The van der Waals surface area contributed by atoms with Crippen molar-refractivity contribution >= 4 is 33.6 Å². The van der Waals surface area contributed by atoms with Gasteiger partial charge in [0.2, 0.25) is 0 Å². The van der Waals surface area contributed by atoms with Crippen molar-refractivity contribution in [2.24, 2.45) is 0 Å². The maximum atomic E-state index is 13.4. The molecular weight excluding hydrogens is 372 g/mol. The summed E-state index contributed by atoms with van der Waals surface area (Å²) in [6.07, 6.45) is 0. The molecule has 0 aliphatic carbocycles. The summed E-state index contributed by atoms with van der Waals surface area (Å²) < 4.78 is 31.9. The second-order valence-electron chi connectivity index (χ2n) is 5.78. The third-order valence-corrected chi connectivity index (χ3v) is 4.45. The van der Waals surface area contributed by atoms with Gasteiger partial charge in [-0.25, -0.2) is 13.8 Å². The molecule has 0 saturated carbocycles. The molecule has 1 aromatic heterocycles. The van der Waals surface area contributed by atoms with E-state index in [4.69, 9.17) is 4.74 Å². The van der Waals surface area contributed by atoms with E-state index in [1.165, 1.54) is 11.3 Å². The zero-order valence-electron chi connectivity index (χ0n) is 14.7. The molecule has 2 aromatic carbocycles. The van der Waals surface area contributed by atoms with E-state index in [0.29, 0.717) is 22.3 Å². The zero-order valence-corrected chi connectivity index (χ0v) is 15.5. The molecule has 0 aliphatic rings. The summed E-state index contributed by atoms with van der Waals surface area (Å²) >= 11 is 1.22. The van der Waals surface area contributed by atoms with Gasteiger partial charge in [-0.1, -0.05) is 12.1 Å². The SMILES string of the molecule is COCc1cccc(NC(=O)c2nc(C)sc2Nc2cc(F)cc(F)c2)c1. The molecule has 5 nitrogen and oxygen atoms in total. The number of nitrogens with zero attached hydrogens (tertiary/aromatic N) is 1. The summed E-state index contributed by atoms with van der Waals surface area (Å²) in [7, 11) is 1.59. The maximum Gasteiger partial charge on any atom is 0.277 e. The fourth-order valence-electron chi connectivity index (χ4n) is 2.52. The number of benzene rings is 2. The van der Waals surface area contributed by atoms with Gasteiger partial charge in [-0.15, -0.1) is 11.3 Å². The van der Waals surface area contributed by atoms with Crippen molar-refractivity contribution in [1.82, 2.24) is 4.98 Å². The van der Waals surface area contributed by atoms with Crippen LogP contribution >= 0.6 is 11.3 Å². The van der Waals surface area contributed by atoms with Crippen LogP contribution in [0.2, 0.25) is 0 Å². The zero-order chi connectivity index (χ0) is 19.4. The van der Waals surface area contributed by atoms with Crippen LogP contribution in [0.3, 0.4) is 0 Å². The molecule has 2 N–H and O–H groups in total. The first-order chi connectivity index (χ1) is 12.9. The largest absolute Gasteiger partial charge is 0.380 e. The van der Waals surface area contributed by atoms with E-state index in [1.54, 1.807) is 26.2 Å². The highest BCUT2D eigenvalue weighted by molar-refractivity contribution is 7.16. The number of nitrogens with one attached hydrogen (secondary N) is 2. The number of methoxy groups -OCH3 is 1. The van der Waals surface area contributed by atoms with Gasteiger partial charge >= 0.3 is 0 Å². The number of carbonyl (C=O) groups is 1. The van der Waals surface area contributed by atoms with Crippen LogP contribution in [0.25, 0.3) is 0 Å². The Balaban J connectivity index is 1.82. The molecule has 0 aliphatic heterocycles. The first-order valence-electron chi connectivity index (χ1n) is 8.04. The van der Waals surface area contributed by atoms with Crippen molar-refractivity contribution in [3.05, 3.63) is 70.4 Å². The van der Waals surface area contributed by atoms with Gasteiger partial charge in [0.1, 0.15) is 16.6 Å². The molecule has 3 rings (SSSR count). The highest BCUT2D eigenvalue weighted by Crippen LogP contribution is 2.29. The topological polar surface area (TPSA) is 63.2 Å². The second-order valence-corrected chi connectivity index (χ2v) is 6.98. The van der Waals surface area contributed by atoms with Crippen LogP contribution in [0.1, 0.15) is 21.1 Å². The molecule has 1 amide bonds. The number of aryl methyl sites for hydroxylation is 1. The molecule has 27 heavy (non-hydrogen) atoms. The van der Waals surface area contributed by atoms with Gasteiger partial charge in [0.05, 0.1) is 11.6 Å². The minimum Gasteiger partial charge on any atom is -0.380 e. The van der Waals surface area contributed by atoms with Crippen LogP contribution in [0, 0.1) is 18.6 Å². The van der Waals surface area contributed by atoms with E-state index >= 15 is 0 Å². The minimum atomic E-state index is -0.709. The Morgan fingerprint density at radius 3 is 2.59 bits per heavy atom. The standard InChI is InChI=1S/C19H17F2N3O2S/c1-11-22-17(18(25)23-15-5-3-4-12(6-15)10-26-2)19(27-11)24-16-8-13(20)7-14(21)9-16/h3-9,24H,10H2,1-2H3,(H,23,25). The van der Waals surface area contributed by atoms with Crippen molar-refractivity contribution in [2.75, 3.05) is 17.7 Å². The fourth-order valence-corrected chi connectivity index (χ4v) is 3.35. The number of ether oxygens (including phenoxy) is 1. The quantitative estimate of drug-likeness (QED) is 0.631. The van der Waals surface area contributed by atoms with E-state index in [9.17, 15) is 13.6 Å². The van der Waals surface area contributed by atoms with Crippen molar-refractivity contribution in [2.45, 2.75) is 13.5 Å². The van der Waals surface area contributed by atoms with Crippen molar-refractivity contribution in [3.8, 4) is 0 Å². The summed E-state index contributed by atoms with van der Waals surface area (Å²) in [5, 5.41) is 6.70. The maximum absolute atomic E-state index is 13.4. The predicted molar refractivity (Wildman–Crippen MR) is 102 cm³/mol.